The van der Waals surface area contributed by atoms with Crippen LogP contribution >= 0.6 is 11.6 Å². The summed E-state index contributed by atoms with van der Waals surface area (Å²) in [6.45, 7) is 3.68. The first kappa shape index (κ1) is 22.0. The Hall–Kier alpha value is -3.82. The molecule has 172 valence electrons. The summed E-state index contributed by atoms with van der Waals surface area (Å²) in [5.41, 5.74) is 9.84. The van der Waals surface area contributed by atoms with Crippen molar-refractivity contribution >= 4 is 34.1 Å². The second-order valence-corrected chi connectivity index (χ2v) is 8.65. The number of pyridine rings is 1. The molecule has 0 unspecified atom stereocenters. The Balaban J connectivity index is 1.51. The summed E-state index contributed by atoms with van der Waals surface area (Å²) in [5.74, 6) is 0.221. The van der Waals surface area contributed by atoms with Crippen LogP contribution in [0, 0.1) is 0 Å². The van der Waals surface area contributed by atoms with Gasteiger partial charge in [-0.05, 0) is 48.5 Å². The smallest absolute Gasteiger partial charge is 0.348 e. The molecule has 2 aromatic heterocycles. The van der Waals surface area contributed by atoms with Gasteiger partial charge in [0.15, 0.2) is 5.65 Å². The van der Waals surface area contributed by atoms with E-state index in [1.807, 2.05) is 47.5 Å². The molecule has 0 spiro atoms. The number of H-pyrrole nitrogens is 1. The Bertz CT molecular complexity index is 1410. The van der Waals surface area contributed by atoms with Crippen LogP contribution in [0.25, 0.3) is 33.4 Å². The van der Waals surface area contributed by atoms with Crippen molar-refractivity contribution in [2.75, 3.05) is 39.0 Å². The molecule has 5 rings (SSSR count). The van der Waals surface area contributed by atoms with Crippen LogP contribution in [-0.2, 0) is 0 Å². The molecular weight excluding hydrogens is 452 g/mol. The van der Waals surface area contributed by atoms with Gasteiger partial charge in [0.1, 0.15) is 5.82 Å². The lowest BCUT2D eigenvalue weighted by atomic mass is 10.00. The van der Waals surface area contributed by atoms with Crippen LogP contribution in [0.4, 0.5) is 11.5 Å². The quantitative estimate of drug-likeness (QED) is 0.429. The maximum Gasteiger partial charge on any atom is 0.348 e. The molecule has 0 radical (unpaired) electrons. The molecule has 0 saturated carbocycles. The number of aromatic nitrogens is 3. The lowest BCUT2D eigenvalue weighted by Crippen LogP contribution is -2.41. The zero-order valence-electron chi connectivity index (χ0n) is 18.6. The molecule has 1 aliphatic heterocycles. The van der Waals surface area contributed by atoms with Crippen LogP contribution in [0.5, 0.6) is 0 Å². The van der Waals surface area contributed by atoms with Crippen LogP contribution < -0.4 is 11.4 Å². The minimum atomic E-state index is -0.545. The number of fused-ring (bicyclic) bond motifs is 1. The molecular formula is C24H23ClN8O. The van der Waals surface area contributed by atoms with Crippen molar-refractivity contribution in [2.45, 2.75) is 0 Å². The van der Waals surface area contributed by atoms with Crippen LogP contribution in [0.1, 0.15) is 0 Å². The highest BCUT2D eigenvalue weighted by Gasteiger charge is 2.15. The number of benzene rings is 2. The molecule has 1 fully saturated rings. The second kappa shape index (κ2) is 9.20. The van der Waals surface area contributed by atoms with E-state index < -0.39 is 5.69 Å². The van der Waals surface area contributed by atoms with Crippen molar-refractivity contribution in [1.29, 1.82) is 0 Å². The average Bonchev–Trinajstić information content (AvgIpc) is 2.83. The first-order chi connectivity index (χ1) is 16.5. The highest BCUT2D eigenvalue weighted by Crippen LogP contribution is 2.34. The Morgan fingerprint density at radius 2 is 1.65 bits per heavy atom. The third-order valence-electron chi connectivity index (χ3n) is 5.80. The third kappa shape index (κ3) is 4.61. The molecule has 0 amide bonds. The largest absolute Gasteiger partial charge is 0.385 e. The van der Waals surface area contributed by atoms with Gasteiger partial charge in [-0.15, -0.1) is 5.11 Å². The topological polar surface area (TPSA) is 116 Å². The summed E-state index contributed by atoms with van der Waals surface area (Å²) < 4.78 is 0. The molecule has 10 heteroatoms. The van der Waals surface area contributed by atoms with Gasteiger partial charge < -0.3 is 10.6 Å². The summed E-state index contributed by atoms with van der Waals surface area (Å²) in [6, 6.07) is 17.0. The predicted octanol–water partition coefficient (Wildman–Crippen LogP) is 4.13. The molecule has 0 aliphatic carbocycles. The number of piperazine rings is 1. The molecule has 4 aromatic rings. The summed E-state index contributed by atoms with van der Waals surface area (Å²) in [4.78, 5) is 25.5. The standard InChI is InChI=1S/C24H23ClN8O/c1-32-10-12-33(13-11-32)31-30-18-8-4-16(5-9-18)20-14-19(15-2-6-17(25)7-3-15)21-22(26)28-24(34)29-23(21)27-20/h2-9,14H,10-13H2,1H3,(H3,26,27,28,29,34). The number of nitrogens with one attached hydrogen (secondary N) is 1. The maximum absolute atomic E-state index is 12.0. The van der Waals surface area contributed by atoms with E-state index in [-0.39, 0.29) is 11.5 Å². The normalized spacial score (nSPS) is 14.8. The number of anilines is 1. The maximum atomic E-state index is 12.0. The molecule has 3 heterocycles. The van der Waals surface area contributed by atoms with Crippen molar-refractivity contribution in [3.63, 3.8) is 0 Å². The first-order valence-corrected chi connectivity index (χ1v) is 11.3. The third-order valence-corrected chi connectivity index (χ3v) is 6.06. The van der Waals surface area contributed by atoms with Crippen molar-refractivity contribution in [1.82, 2.24) is 24.9 Å². The van der Waals surface area contributed by atoms with E-state index in [9.17, 15) is 4.79 Å². The van der Waals surface area contributed by atoms with Gasteiger partial charge in [-0.2, -0.15) is 4.98 Å². The molecule has 0 bridgehead atoms. The van der Waals surface area contributed by atoms with E-state index in [1.54, 1.807) is 12.1 Å². The minimum absolute atomic E-state index is 0.221. The van der Waals surface area contributed by atoms with E-state index in [0.29, 0.717) is 16.1 Å². The Kier molecular flexibility index (Phi) is 5.95. The zero-order chi connectivity index (χ0) is 23.7. The Labute approximate surface area is 200 Å². The van der Waals surface area contributed by atoms with Gasteiger partial charge in [-0.1, -0.05) is 41.1 Å². The first-order valence-electron chi connectivity index (χ1n) is 10.9. The summed E-state index contributed by atoms with van der Waals surface area (Å²) in [6.07, 6.45) is 0. The molecule has 9 nitrogen and oxygen atoms in total. The second-order valence-electron chi connectivity index (χ2n) is 8.21. The number of hydrogen-bond donors (Lipinski definition) is 2. The van der Waals surface area contributed by atoms with Crippen molar-refractivity contribution in [3.05, 3.63) is 70.1 Å². The van der Waals surface area contributed by atoms with Crippen molar-refractivity contribution < 1.29 is 0 Å². The lowest BCUT2D eigenvalue weighted by Gasteiger charge is -2.29. The average molecular weight is 475 g/mol. The number of nitrogens with zero attached hydrogens (tertiary/aromatic N) is 6. The monoisotopic (exact) mass is 474 g/mol. The van der Waals surface area contributed by atoms with E-state index in [0.717, 1.165) is 48.6 Å². The van der Waals surface area contributed by atoms with E-state index in [2.05, 4.69) is 37.2 Å². The van der Waals surface area contributed by atoms with Crippen LogP contribution in [-0.4, -0.2) is 58.1 Å². The van der Waals surface area contributed by atoms with Crippen molar-refractivity contribution in [3.8, 4) is 22.4 Å². The van der Waals surface area contributed by atoms with Gasteiger partial charge in [0.25, 0.3) is 0 Å². The zero-order valence-corrected chi connectivity index (χ0v) is 19.3. The Morgan fingerprint density at radius 3 is 2.35 bits per heavy atom. The fraction of sp³-hybridized carbons (Fsp3) is 0.208. The van der Waals surface area contributed by atoms with Gasteiger partial charge in [0.2, 0.25) is 0 Å². The fourth-order valence-corrected chi connectivity index (χ4v) is 4.01. The molecule has 1 aliphatic rings. The van der Waals surface area contributed by atoms with E-state index in [1.165, 1.54) is 0 Å². The number of hydrogen-bond acceptors (Lipinski definition) is 7. The number of nitrogen functional groups attached to an aromatic ring is 1. The molecule has 1 saturated heterocycles. The highest BCUT2D eigenvalue weighted by molar-refractivity contribution is 6.30. The minimum Gasteiger partial charge on any atom is -0.385 e. The number of likely N-dealkylation sites (N-methyl/N-ethyl adjacent to an activating group) is 1. The van der Waals surface area contributed by atoms with Gasteiger partial charge >= 0.3 is 5.69 Å². The molecule has 0 atom stereocenters. The van der Waals surface area contributed by atoms with Gasteiger partial charge in [0, 0.05) is 23.7 Å². The van der Waals surface area contributed by atoms with Crippen LogP contribution in [0.15, 0.2) is 69.7 Å². The van der Waals surface area contributed by atoms with Crippen LogP contribution in [0.3, 0.4) is 0 Å². The number of nitrogens with two attached hydrogens (primary N) is 1. The lowest BCUT2D eigenvalue weighted by molar-refractivity contribution is 0.150. The highest BCUT2D eigenvalue weighted by atomic mass is 35.5. The fourth-order valence-electron chi connectivity index (χ4n) is 3.88. The number of rotatable bonds is 4. The Morgan fingerprint density at radius 1 is 0.971 bits per heavy atom. The number of halogens is 1. The summed E-state index contributed by atoms with van der Waals surface area (Å²) in [5, 5.41) is 11.9. The summed E-state index contributed by atoms with van der Waals surface area (Å²) >= 11 is 6.07. The van der Waals surface area contributed by atoms with E-state index in [4.69, 9.17) is 17.3 Å². The number of aromatic amines is 1. The van der Waals surface area contributed by atoms with Gasteiger partial charge in [0.05, 0.1) is 29.9 Å². The van der Waals surface area contributed by atoms with Crippen LogP contribution in [0.2, 0.25) is 5.02 Å². The van der Waals surface area contributed by atoms with Gasteiger partial charge in [-0.25, -0.2) is 9.78 Å². The molecule has 2 aromatic carbocycles. The predicted molar refractivity (Wildman–Crippen MR) is 134 cm³/mol. The van der Waals surface area contributed by atoms with E-state index >= 15 is 0 Å². The SMILES string of the molecule is CN1CCN(N=Nc2ccc(-c3cc(-c4ccc(Cl)cc4)c4c(N)[nH]c(=O)nc4n3)cc2)CC1. The summed E-state index contributed by atoms with van der Waals surface area (Å²) in [7, 11) is 2.10. The van der Waals surface area contributed by atoms with Gasteiger partial charge in [-0.3, -0.25) is 9.99 Å². The molecule has 3 N–H and O–H groups in total. The van der Waals surface area contributed by atoms with Crippen molar-refractivity contribution in [2.24, 2.45) is 10.3 Å². The molecule has 34 heavy (non-hydrogen) atoms.